The van der Waals surface area contributed by atoms with Gasteiger partial charge < -0.3 is 4.74 Å². The zero-order valence-corrected chi connectivity index (χ0v) is 10.2. The average Bonchev–Trinajstić information content (AvgIpc) is 2.30. The van der Waals surface area contributed by atoms with Crippen LogP contribution in [0.1, 0.15) is 32.3 Å². The summed E-state index contributed by atoms with van der Waals surface area (Å²) in [4.78, 5) is 10.1. The average molecular weight is 235 g/mol. The van der Waals surface area contributed by atoms with Gasteiger partial charge in [0.2, 0.25) is 5.70 Å². The van der Waals surface area contributed by atoms with E-state index in [1.807, 2.05) is 24.3 Å². The van der Waals surface area contributed by atoms with Crippen molar-refractivity contribution < 1.29 is 9.66 Å². The minimum absolute atomic E-state index is 0.121. The van der Waals surface area contributed by atoms with Gasteiger partial charge in [-0.3, -0.25) is 10.1 Å². The van der Waals surface area contributed by atoms with Crippen molar-refractivity contribution in [1.82, 2.24) is 0 Å². The van der Waals surface area contributed by atoms with Crippen molar-refractivity contribution >= 4 is 6.08 Å². The van der Waals surface area contributed by atoms with E-state index in [1.54, 1.807) is 0 Å². The Morgan fingerprint density at radius 1 is 1.53 bits per heavy atom. The van der Waals surface area contributed by atoms with E-state index in [4.69, 9.17) is 4.74 Å². The Hall–Kier alpha value is -1.84. The molecule has 0 unspecified atom stereocenters. The van der Waals surface area contributed by atoms with Crippen molar-refractivity contribution in [1.29, 1.82) is 0 Å². The van der Waals surface area contributed by atoms with Crippen LogP contribution in [0.2, 0.25) is 0 Å². The van der Waals surface area contributed by atoms with Crippen molar-refractivity contribution in [2.24, 2.45) is 0 Å². The van der Waals surface area contributed by atoms with Gasteiger partial charge in [0.05, 0.1) is 11.5 Å². The molecule has 1 aromatic carbocycles. The molecule has 0 aliphatic rings. The van der Waals surface area contributed by atoms with Gasteiger partial charge in [-0.1, -0.05) is 25.5 Å². The summed E-state index contributed by atoms with van der Waals surface area (Å²) in [6.07, 6.45) is 3.63. The smallest absolute Gasteiger partial charge is 0.243 e. The Labute approximate surface area is 101 Å². The summed E-state index contributed by atoms with van der Waals surface area (Å²) in [5.74, 6) is 0.753. The number of nitro groups is 1. The Balaban J connectivity index is 2.72. The quantitative estimate of drug-likeness (QED) is 0.430. The number of unbranched alkanes of at least 4 members (excludes halogenated alkanes) is 1. The zero-order valence-electron chi connectivity index (χ0n) is 10.2. The fourth-order valence-electron chi connectivity index (χ4n) is 1.32. The highest BCUT2D eigenvalue weighted by Gasteiger charge is 2.02. The van der Waals surface area contributed by atoms with Crippen molar-refractivity contribution in [2.45, 2.75) is 26.7 Å². The maximum absolute atomic E-state index is 10.5. The molecule has 0 radical (unpaired) electrons. The lowest BCUT2D eigenvalue weighted by molar-refractivity contribution is -0.422. The number of rotatable bonds is 6. The summed E-state index contributed by atoms with van der Waals surface area (Å²) >= 11 is 0. The van der Waals surface area contributed by atoms with E-state index in [2.05, 4.69) is 6.92 Å². The number of ether oxygens (including phenoxy) is 1. The molecule has 1 aromatic rings. The zero-order chi connectivity index (χ0) is 12.7. The summed E-state index contributed by atoms with van der Waals surface area (Å²) < 4.78 is 5.53. The largest absolute Gasteiger partial charge is 0.494 e. The van der Waals surface area contributed by atoms with Crippen LogP contribution < -0.4 is 4.74 Å². The molecule has 0 atom stereocenters. The predicted octanol–water partition coefficient (Wildman–Crippen LogP) is 3.50. The van der Waals surface area contributed by atoms with Gasteiger partial charge in [0.1, 0.15) is 5.75 Å². The molecule has 92 valence electrons. The molecule has 4 nitrogen and oxygen atoms in total. The fourth-order valence-corrected chi connectivity index (χ4v) is 1.32. The van der Waals surface area contributed by atoms with Crippen LogP contribution in [0.4, 0.5) is 0 Å². The molecule has 0 saturated heterocycles. The molecule has 0 heterocycles. The normalized spacial score (nSPS) is 11.3. The number of nitrogens with zero attached hydrogens (tertiary/aromatic N) is 1. The van der Waals surface area contributed by atoms with Gasteiger partial charge in [-0.2, -0.15) is 0 Å². The lowest BCUT2D eigenvalue weighted by Gasteiger charge is -2.05. The maximum atomic E-state index is 10.5. The minimum Gasteiger partial charge on any atom is -0.494 e. The summed E-state index contributed by atoms with van der Waals surface area (Å²) in [6.45, 7) is 4.26. The van der Waals surface area contributed by atoms with Crippen LogP contribution >= 0.6 is 0 Å². The van der Waals surface area contributed by atoms with E-state index in [1.165, 1.54) is 13.0 Å². The van der Waals surface area contributed by atoms with Gasteiger partial charge in [0, 0.05) is 13.0 Å². The molecule has 17 heavy (non-hydrogen) atoms. The summed E-state index contributed by atoms with van der Waals surface area (Å²) in [7, 11) is 0. The lowest BCUT2D eigenvalue weighted by atomic mass is 10.2. The van der Waals surface area contributed by atoms with Crippen LogP contribution in [-0.4, -0.2) is 11.5 Å². The van der Waals surface area contributed by atoms with Crippen LogP contribution in [0.3, 0.4) is 0 Å². The second-order valence-electron chi connectivity index (χ2n) is 3.82. The highest BCUT2D eigenvalue weighted by molar-refractivity contribution is 5.52. The third kappa shape index (κ3) is 4.68. The van der Waals surface area contributed by atoms with Gasteiger partial charge in [-0.05, 0) is 24.1 Å². The molecule has 0 amide bonds. The van der Waals surface area contributed by atoms with E-state index in [0.29, 0.717) is 6.61 Å². The maximum Gasteiger partial charge on any atom is 0.243 e. The molecule has 0 fully saturated rings. The number of allylic oxidation sites excluding steroid dienone is 1. The Morgan fingerprint density at radius 2 is 2.29 bits per heavy atom. The van der Waals surface area contributed by atoms with E-state index in [9.17, 15) is 10.1 Å². The SMILES string of the molecule is CCCCOc1cccc(/C=C(\C)[N+](=O)[O-])c1. The Bertz CT molecular complexity index is 413. The van der Waals surface area contributed by atoms with Crippen LogP contribution in [0.5, 0.6) is 5.75 Å². The third-order valence-electron chi connectivity index (χ3n) is 2.29. The van der Waals surface area contributed by atoms with Gasteiger partial charge in [-0.25, -0.2) is 0 Å². The highest BCUT2D eigenvalue weighted by Crippen LogP contribution is 2.16. The first-order valence-corrected chi connectivity index (χ1v) is 5.69. The van der Waals surface area contributed by atoms with E-state index in [-0.39, 0.29) is 5.70 Å². The van der Waals surface area contributed by atoms with Crippen molar-refractivity contribution in [2.75, 3.05) is 6.61 Å². The molecule has 0 aliphatic heterocycles. The topological polar surface area (TPSA) is 52.4 Å². The van der Waals surface area contributed by atoms with E-state index >= 15 is 0 Å². The van der Waals surface area contributed by atoms with Crippen molar-refractivity contribution in [3.05, 3.63) is 45.6 Å². The van der Waals surface area contributed by atoms with Gasteiger partial charge >= 0.3 is 0 Å². The Kier molecular flexibility index (Phi) is 5.20. The number of hydrogen-bond donors (Lipinski definition) is 0. The summed E-state index contributed by atoms with van der Waals surface area (Å²) in [5.41, 5.74) is 0.906. The van der Waals surface area contributed by atoms with Gasteiger partial charge in [0.25, 0.3) is 0 Å². The summed E-state index contributed by atoms with van der Waals surface area (Å²) in [5, 5.41) is 10.5. The highest BCUT2D eigenvalue weighted by atomic mass is 16.6. The first kappa shape index (κ1) is 13.2. The number of hydrogen-bond acceptors (Lipinski definition) is 3. The standard InChI is InChI=1S/C13H17NO3/c1-3-4-8-17-13-7-5-6-12(10-13)9-11(2)14(15)16/h5-7,9-10H,3-4,8H2,1-2H3/b11-9+. The molecule has 0 aliphatic carbocycles. The fraction of sp³-hybridized carbons (Fsp3) is 0.385. The van der Waals surface area contributed by atoms with Crippen molar-refractivity contribution in [3.8, 4) is 5.75 Å². The summed E-state index contributed by atoms with van der Waals surface area (Å²) in [6, 6.07) is 7.32. The van der Waals surface area contributed by atoms with Crippen LogP contribution in [0.25, 0.3) is 6.08 Å². The molecule has 0 N–H and O–H groups in total. The van der Waals surface area contributed by atoms with Gasteiger partial charge in [0.15, 0.2) is 0 Å². The van der Waals surface area contributed by atoms with Crippen LogP contribution in [-0.2, 0) is 0 Å². The second-order valence-corrected chi connectivity index (χ2v) is 3.82. The van der Waals surface area contributed by atoms with Gasteiger partial charge in [-0.15, -0.1) is 0 Å². The first-order chi connectivity index (χ1) is 8.13. The molecule has 0 bridgehead atoms. The minimum atomic E-state index is -0.398. The molecule has 0 spiro atoms. The second kappa shape index (κ2) is 6.68. The molecule has 0 saturated carbocycles. The van der Waals surface area contributed by atoms with Crippen LogP contribution in [0, 0.1) is 10.1 Å². The van der Waals surface area contributed by atoms with Crippen LogP contribution in [0.15, 0.2) is 30.0 Å². The molecule has 4 heteroatoms. The van der Waals surface area contributed by atoms with Crippen molar-refractivity contribution in [3.63, 3.8) is 0 Å². The predicted molar refractivity (Wildman–Crippen MR) is 67.5 cm³/mol. The van der Waals surface area contributed by atoms with E-state index < -0.39 is 4.92 Å². The third-order valence-corrected chi connectivity index (χ3v) is 2.29. The molecular weight excluding hydrogens is 218 g/mol. The lowest BCUT2D eigenvalue weighted by Crippen LogP contribution is -1.97. The number of benzene rings is 1. The molecule has 0 aromatic heterocycles. The first-order valence-electron chi connectivity index (χ1n) is 5.69. The Morgan fingerprint density at radius 3 is 2.94 bits per heavy atom. The monoisotopic (exact) mass is 235 g/mol. The molecular formula is C13H17NO3. The van der Waals surface area contributed by atoms with E-state index in [0.717, 1.165) is 24.2 Å². The molecule has 1 rings (SSSR count).